The molecule has 0 fully saturated rings. The van der Waals surface area contributed by atoms with Crippen LogP contribution in [0.4, 0.5) is 9.59 Å². The van der Waals surface area contributed by atoms with Gasteiger partial charge in [-0.2, -0.15) is 0 Å². The number of nitrogens with zero attached hydrogens (tertiary/aromatic N) is 1. The van der Waals surface area contributed by atoms with Gasteiger partial charge in [-0.05, 0) is 40.5 Å². The molecule has 2 amide bonds. The van der Waals surface area contributed by atoms with Crippen molar-refractivity contribution in [3.05, 3.63) is 12.2 Å². The van der Waals surface area contributed by atoms with Gasteiger partial charge in [0, 0.05) is 0 Å². The second-order valence-corrected chi connectivity index (χ2v) is 4.94. The van der Waals surface area contributed by atoms with Crippen molar-refractivity contribution in [1.82, 2.24) is 10.4 Å². The fourth-order valence-electron chi connectivity index (χ4n) is 1.69. The van der Waals surface area contributed by atoms with E-state index in [9.17, 15) is 9.59 Å². The van der Waals surface area contributed by atoms with Crippen LogP contribution >= 0.6 is 0 Å². The Hall–Kier alpha value is -1.72. The van der Waals surface area contributed by atoms with E-state index in [0.717, 1.165) is 12.8 Å². The minimum absolute atomic E-state index is 0.189. The van der Waals surface area contributed by atoms with Gasteiger partial charge in [-0.1, -0.05) is 12.2 Å². The van der Waals surface area contributed by atoms with E-state index in [4.69, 9.17) is 9.47 Å². The molecule has 1 atom stereocenters. The van der Waals surface area contributed by atoms with E-state index in [-0.39, 0.29) is 18.2 Å². The zero-order chi connectivity index (χ0) is 14.4. The molecule has 1 N–H and O–H groups in total. The Morgan fingerprint density at radius 3 is 2.32 bits per heavy atom. The highest BCUT2D eigenvalue weighted by Gasteiger charge is 2.28. The number of hydrogen-bond acceptors (Lipinski definition) is 4. The van der Waals surface area contributed by atoms with E-state index in [2.05, 4.69) is 5.43 Å². The summed E-state index contributed by atoms with van der Waals surface area (Å²) in [5.74, 6) is 0. The summed E-state index contributed by atoms with van der Waals surface area (Å²) in [5.41, 5.74) is 2.44. The summed E-state index contributed by atoms with van der Waals surface area (Å²) in [7, 11) is 0. The van der Waals surface area contributed by atoms with Gasteiger partial charge in [0.2, 0.25) is 0 Å². The highest BCUT2D eigenvalue weighted by atomic mass is 16.6. The SMILES string of the molecule is CC(C)OC(=O)NN(C(=O)OC(C)C)C1C=CCC1. The van der Waals surface area contributed by atoms with Gasteiger partial charge in [0.15, 0.2) is 0 Å². The number of carbonyl (C=O) groups is 2. The van der Waals surface area contributed by atoms with E-state index in [1.807, 2.05) is 12.2 Å². The summed E-state index contributed by atoms with van der Waals surface area (Å²) in [5, 5.41) is 1.19. The molecule has 1 unspecified atom stereocenters. The summed E-state index contributed by atoms with van der Waals surface area (Å²) >= 11 is 0. The molecule has 6 heteroatoms. The molecule has 0 aromatic carbocycles. The zero-order valence-electron chi connectivity index (χ0n) is 11.9. The molecule has 1 aliphatic rings. The number of allylic oxidation sites excluding steroid dienone is 1. The van der Waals surface area contributed by atoms with Gasteiger partial charge < -0.3 is 9.47 Å². The van der Waals surface area contributed by atoms with Gasteiger partial charge >= 0.3 is 12.2 Å². The van der Waals surface area contributed by atoms with E-state index in [0.29, 0.717) is 0 Å². The Kier molecular flexibility index (Phi) is 5.66. The van der Waals surface area contributed by atoms with Crippen LogP contribution in [0.15, 0.2) is 12.2 Å². The summed E-state index contributed by atoms with van der Waals surface area (Å²) in [6.07, 6.45) is 3.74. The van der Waals surface area contributed by atoms with Crippen molar-refractivity contribution < 1.29 is 19.1 Å². The third-order valence-corrected chi connectivity index (χ3v) is 2.41. The Morgan fingerprint density at radius 2 is 1.84 bits per heavy atom. The lowest BCUT2D eigenvalue weighted by Gasteiger charge is -2.28. The molecule has 108 valence electrons. The molecule has 1 aliphatic carbocycles. The van der Waals surface area contributed by atoms with Crippen LogP contribution in [0.3, 0.4) is 0 Å². The van der Waals surface area contributed by atoms with E-state index in [1.54, 1.807) is 27.7 Å². The minimum atomic E-state index is -0.656. The summed E-state index contributed by atoms with van der Waals surface area (Å²) in [4.78, 5) is 23.6. The van der Waals surface area contributed by atoms with Crippen LogP contribution in [0.1, 0.15) is 40.5 Å². The first kappa shape index (κ1) is 15.3. The number of rotatable bonds is 3. The first-order valence-corrected chi connectivity index (χ1v) is 6.54. The third-order valence-electron chi connectivity index (χ3n) is 2.41. The molecule has 19 heavy (non-hydrogen) atoms. The lowest BCUT2D eigenvalue weighted by molar-refractivity contribution is 0.0381. The van der Waals surface area contributed by atoms with Crippen LogP contribution in [-0.2, 0) is 9.47 Å². The summed E-state index contributed by atoms with van der Waals surface area (Å²) < 4.78 is 10.1. The molecular formula is C13H22N2O4. The highest BCUT2D eigenvalue weighted by molar-refractivity contribution is 5.74. The fourth-order valence-corrected chi connectivity index (χ4v) is 1.69. The molecule has 0 spiro atoms. The average Bonchev–Trinajstić information content (AvgIpc) is 2.76. The Labute approximate surface area is 113 Å². The molecule has 0 heterocycles. The second-order valence-electron chi connectivity index (χ2n) is 4.94. The van der Waals surface area contributed by atoms with E-state index >= 15 is 0 Å². The first-order chi connectivity index (χ1) is 8.90. The van der Waals surface area contributed by atoms with Crippen LogP contribution < -0.4 is 5.43 Å². The van der Waals surface area contributed by atoms with Gasteiger partial charge in [0.05, 0.1) is 18.2 Å². The quantitative estimate of drug-likeness (QED) is 0.632. The van der Waals surface area contributed by atoms with Gasteiger partial charge in [0.25, 0.3) is 0 Å². The predicted molar refractivity (Wildman–Crippen MR) is 70.4 cm³/mol. The highest BCUT2D eigenvalue weighted by Crippen LogP contribution is 2.16. The van der Waals surface area contributed by atoms with Crippen molar-refractivity contribution in [1.29, 1.82) is 0 Å². The average molecular weight is 270 g/mol. The van der Waals surface area contributed by atoms with E-state index < -0.39 is 12.2 Å². The molecule has 1 rings (SSSR count). The maximum absolute atomic E-state index is 12.0. The van der Waals surface area contributed by atoms with Crippen LogP contribution in [0.2, 0.25) is 0 Å². The normalized spacial score (nSPS) is 17.7. The van der Waals surface area contributed by atoms with Crippen molar-refractivity contribution in [3.63, 3.8) is 0 Å². The van der Waals surface area contributed by atoms with Crippen molar-refractivity contribution in [2.24, 2.45) is 0 Å². The number of ether oxygens (including phenoxy) is 2. The fraction of sp³-hybridized carbons (Fsp3) is 0.692. The maximum atomic E-state index is 12.0. The largest absolute Gasteiger partial charge is 0.446 e. The lowest BCUT2D eigenvalue weighted by Crippen LogP contribution is -2.52. The number of amides is 2. The van der Waals surface area contributed by atoms with Gasteiger partial charge in [-0.3, -0.25) is 0 Å². The van der Waals surface area contributed by atoms with Crippen LogP contribution in [0.25, 0.3) is 0 Å². The molecule has 0 saturated carbocycles. The molecule has 0 saturated heterocycles. The van der Waals surface area contributed by atoms with Gasteiger partial charge in [-0.25, -0.2) is 20.0 Å². The van der Waals surface area contributed by atoms with Crippen LogP contribution in [-0.4, -0.2) is 35.4 Å². The monoisotopic (exact) mass is 270 g/mol. The molecule has 0 radical (unpaired) electrons. The number of hydrazine groups is 1. The molecule has 0 aromatic heterocycles. The maximum Gasteiger partial charge on any atom is 0.429 e. The van der Waals surface area contributed by atoms with Crippen LogP contribution in [0, 0.1) is 0 Å². The lowest BCUT2D eigenvalue weighted by atomic mass is 10.2. The zero-order valence-corrected chi connectivity index (χ0v) is 11.9. The topological polar surface area (TPSA) is 67.9 Å². The molecule has 0 bridgehead atoms. The Balaban J connectivity index is 2.66. The Morgan fingerprint density at radius 1 is 1.21 bits per heavy atom. The molecular weight excluding hydrogens is 248 g/mol. The smallest absolute Gasteiger partial charge is 0.429 e. The summed E-state index contributed by atoms with van der Waals surface area (Å²) in [6.45, 7) is 7.00. The number of hydrogen-bond donors (Lipinski definition) is 1. The number of nitrogens with one attached hydrogen (secondary N) is 1. The number of carbonyl (C=O) groups excluding carboxylic acids is 2. The molecule has 6 nitrogen and oxygen atoms in total. The van der Waals surface area contributed by atoms with Crippen molar-refractivity contribution >= 4 is 12.2 Å². The second kappa shape index (κ2) is 7.01. The van der Waals surface area contributed by atoms with Gasteiger partial charge in [0.1, 0.15) is 0 Å². The van der Waals surface area contributed by atoms with Crippen molar-refractivity contribution in [2.75, 3.05) is 0 Å². The van der Waals surface area contributed by atoms with Crippen LogP contribution in [0.5, 0.6) is 0 Å². The first-order valence-electron chi connectivity index (χ1n) is 6.54. The van der Waals surface area contributed by atoms with Crippen molar-refractivity contribution in [2.45, 2.75) is 58.8 Å². The standard InChI is InChI=1S/C13H22N2O4/c1-9(2)18-12(16)14-15(11-7-5-6-8-11)13(17)19-10(3)4/h5,7,9-11H,6,8H2,1-4H3,(H,14,16). The molecule has 0 aliphatic heterocycles. The predicted octanol–water partition coefficient (Wildman–Crippen LogP) is 2.60. The molecule has 0 aromatic rings. The minimum Gasteiger partial charge on any atom is -0.446 e. The van der Waals surface area contributed by atoms with E-state index in [1.165, 1.54) is 5.01 Å². The Bertz CT molecular complexity index is 353. The summed E-state index contributed by atoms with van der Waals surface area (Å²) in [6, 6.07) is -0.189. The van der Waals surface area contributed by atoms with Gasteiger partial charge in [-0.15, -0.1) is 0 Å². The van der Waals surface area contributed by atoms with Crippen molar-refractivity contribution in [3.8, 4) is 0 Å². The third kappa shape index (κ3) is 5.19.